The molecule has 0 aliphatic rings. The maximum Gasteiger partial charge on any atom is 0.551 e. The smallest absolute Gasteiger partial charge is 0.334 e. The van der Waals surface area contributed by atoms with Crippen LogP contribution in [0.15, 0.2) is 9.85 Å². The summed E-state index contributed by atoms with van der Waals surface area (Å²) in [7, 11) is 6.11. The lowest BCUT2D eigenvalue weighted by Crippen LogP contribution is -2.08. The van der Waals surface area contributed by atoms with Gasteiger partial charge in [0.05, 0.1) is 3.79 Å². The highest BCUT2D eigenvalue weighted by molar-refractivity contribution is 9.11. The number of hydrogen-bond donors (Lipinski definition) is 0. The van der Waals surface area contributed by atoms with Crippen molar-refractivity contribution in [3.8, 4) is 0 Å². The molecule has 0 aromatic carbocycles. The molecule has 0 saturated carbocycles. The molecule has 0 unspecified atom stereocenters. The summed E-state index contributed by atoms with van der Waals surface area (Å²) in [5.41, 5.74) is 1.52. The Labute approximate surface area is 150 Å². The molecule has 1 heterocycles. The standard InChI is InChI=1S/C16H26BrS.ClH.Mg/c1-2-3-4-5-6-7-8-9-10-11-12-15-13-16(17)18-14-15;;/h13H,2-12H2,1H3;1H;/q;;+1/p-1. The van der Waals surface area contributed by atoms with E-state index in [0.717, 1.165) is 0 Å². The number of rotatable bonds is 12. The van der Waals surface area contributed by atoms with Crippen LogP contribution in [0.1, 0.15) is 76.7 Å². The highest BCUT2D eigenvalue weighted by atomic mass is 79.9. The minimum absolute atomic E-state index is 0.514. The van der Waals surface area contributed by atoms with Gasteiger partial charge in [0, 0.05) is 0 Å². The Balaban J connectivity index is 1.96. The number of halogens is 2. The molecule has 4 heteroatoms. The van der Waals surface area contributed by atoms with E-state index in [4.69, 9.17) is 9.07 Å². The molecule has 0 aliphatic heterocycles. The summed E-state index contributed by atoms with van der Waals surface area (Å²) < 4.78 is 2.73. The fourth-order valence-electron chi connectivity index (χ4n) is 2.56. The third kappa shape index (κ3) is 8.62. The van der Waals surface area contributed by atoms with Gasteiger partial charge in [-0.3, -0.25) is 0 Å². The minimum Gasteiger partial charge on any atom is -0.334 e. The molecule has 0 saturated heterocycles. The van der Waals surface area contributed by atoms with Gasteiger partial charge in [-0.15, -0.1) is 0 Å². The lowest BCUT2D eigenvalue weighted by Gasteiger charge is -2.03. The molecular weight excluding hydrogens is 364 g/mol. The summed E-state index contributed by atoms with van der Waals surface area (Å²) in [4.78, 5) is 0. The van der Waals surface area contributed by atoms with E-state index in [-0.39, 0.29) is 0 Å². The lowest BCUT2D eigenvalue weighted by molar-refractivity contribution is 0.556. The molecule has 0 amide bonds. The van der Waals surface area contributed by atoms with Gasteiger partial charge in [-0.05, 0) is 34.8 Å². The average molecular weight is 390 g/mol. The van der Waals surface area contributed by atoms with E-state index in [0.29, 0.717) is 0 Å². The van der Waals surface area contributed by atoms with Crippen molar-refractivity contribution in [3.05, 3.63) is 15.4 Å². The predicted octanol–water partition coefficient (Wildman–Crippen LogP) is 6.46. The monoisotopic (exact) mass is 388 g/mol. The van der Waals surface area contributed by atoms with Gasteiger partial charge >= 0.3 is 19.3 Å². The van der Waals surface area contributed by atoms with Gasteiger partial charge in [-0.25, -0.2) is 0 Å². The van der Waals surface area contributed by atoms with E-state index in [1.807, 2.05) is 11.3 Å². The molecule has 0 atom stereocenters. The molecule has 0 fully saturated rings. The molecule has 0 spiro atoms. The second kappa shape index (κ2) is 12.7. The van der Waals surface area contributed by atoms with Crippen molar-refractivity contribution in [2.24, 2.45) is 0 Å². The Morgan fingerprint density at radius 2 is 1.55 bits per heavy atom. The van der Waals surface area contributed by atoms with Crippen LogP contribution in [0, 0.1) is 0 Å². The van der Waals surface area contributed by atoms with Gasteiger partial charge in [0.1, 0.15) is 0 Å². The normalized spacial score (nSPS) is 10.8. The predicted molar refractivity (Wildman–Crippen MR) is 98.8 cm³/mol. The fourth-order valence-corrected chi connectivity index (χ4v) is 6.92. The van der Waals surface area contributed by atoms with Crippen molar-refractivity contribution in [2.45, 2.75) is 77.6 Å². The molecule has 0 aliphatic carbocycles. The van der Waals surface area contributed by atoms with Gasteiger partial charge in [0.15, 0.2) is 0 Å². The number of aryl methyl sites for hydroxylation is 1. The SMILES string of the molecule is CCCCCCCCCCCCc1cc(Br)s[c]1[Mg][Cl]. The van der Waals surface area contributed by atoms with Crippen molar-refractivity contribution in [1.29, 1.82) is 0 Å². The van der Waals surface area contributed by atoms with Crippen molar-refractivity contribution >= 4 is 58.6 Å². The first-order chi connectivity index (χ1) is 9.77. The zero-order chi connectivity index (χ0) is 14.6. The van der Waals surface area contributed by atoms with E-state index in [9.17, 15) is 0 Å². The highest BCUT2D eigenvalue weighted by Gasteiger charge is 2.08. The van der Waals surface area contributed by atoms with Gasteiger partial charge in [0.25, 0.3) is 0 Å². The van der Waals surface area contributed by atoms with Crippen LogP contribution in [0.4, 0.5) is 0 Å². The summed E-state index contributed by atoms with van der Waals surface area (Å²) in [5, 5.41) is 0. The maximum absolute atomic E-state index is 6.11. The number of hydrogen-bond acceptors (Lipinski definition) is 1. The van der Waals surface area contributed by atoms with Crippen LogP contribution in [0.3, 0.4) is 0 Å². The second-order valence-electron chi connectivity index (χ2n) is 5.56. The van der Waals surface area contributed by atoms with Crippen LogP contribution in [0.2, 0.25) is 0 Å². The molecule has 0 radical (unpaired) electrons. The Morgan fingerprint density at radius 1 is 1.00 bits per heavy atom. The lowest BCUT2D eigenvalue weighted by atomic mass is 10.0. The molecule has 1 aromatic heterocycles. The molecular formula is C16H26BrClMgS. The van der Waals surface area contributed by atoms with Crippen LogP contribution >= 0.6 is 36.3 Å². The molecule has 0 nitrogen and oxygen atoms in total. The van der Waals surface area contributed by atoms with Crippen LogP contribution in [-0.2, 0) is 6.42 Å². The van der Waals surface area contributed by atoms with Gasteiger partial charge in [-0.1, -0.05) is 73.3 Å². The van der Waals surface area contributed by atoms with Crippen molar-refractivity contribution in [2.75, 3.05) is 0 Å². The fraction of sp³-hybridized carbons (Fsp3) is 0.750. The van der Waals surface area contributed by atoms with Crippen LogP contribution < -0.4 is 3.01 Å². The van der Waals surface area contributed by atoms with Crippen LogP contribution in [-0.4, -0.2) is 19.3 Å². The zero-order valence-corrected chi connectivity index (χ0v) is 17.3. The molecule has 112 valence electrons. The first kappa shape index (κ1) is 19.3. The Kier molecular flexibility index (Phi) is 12.3. The van der Waals surface area contributed by atoms with Gasteiger partial charge in [-0.2, -0.15) is 11.3 Å². The van der Waals surface area contributed by atoms with Crippen LogP contribution in [0.5, 0.6) is 0 Å². The summed E-state index contributed by atoms with van der Waals surface area (Å²) in [5.74, 6) is 0. The summed E-state index contributed by atoms with van der Waals surface area (Å²) in [6.07, 6.45) is 15.3. The van der Waals surface area contributed by atoms with E-state index >= 15 is 0 Å². The first-order valence-corrected chi connectivity index (χ1v) is 12.6. The first-order valence-electron chi connectivity index (χ1n) is 8.11. The second-order valence-corrected chi connectivity index (χ2v) is 10.4. The molecule has 0 bridgehead atoms. The van der Waals surface area contributed by atoms with E-state index in [1.54, 1.807) is 0 Å². The third-order valence-corrected chi connectivity index (χ3v) is 8.16. The van der Waals surface area contributed by atoms with E-state index in [2.05, 4.69) is 28.9 Å². The quantitative estimate of drug-likeness (QED) is 0.284. The summed E-state index contributed by atoms with van der Waals surface area (Å²) >= 11 is 4.90. The highest BCUT2D eigenvalue weighted by Crippen LogP contribution is 2.20. The average Bonchev–Trinajstić information content (AvgIpc) is 2.81. The molecule has 1 rings (SSSR count). The van der Waals surface area contributed by atoms with E-state index < -0.39 is 19.3 Å². The maximum atomic E-state index is 6.11. The zero-order valence-electron chi connectivity index (χ0n) is 12.7. The van der Waals surface area contributed by atoms with Crippen molar-refractivity contribution in [1.82, 2.24) is 0 Å². The minimum atomic E-state index is -0.514. The van der Waals surface area contributed by atoms with E-state index in [1.165, 1.54) is 83.0 Å². The number of unbranched alkanes of at least 4 members (excludes halogenated alkanes) is 9. The van der Waals surface area contributed by atoms with Gasteiger partial charge < -0.3 is 9.07 Å². The van der Waals surface area contributed by atoms with Gasteiger partial charge in [0.2, 0.25) is 0 Å². The topological polar surface area (TPSA) is 0 Å². The molecule has 20 heavy (non-hydrogen) atoms. The summed E-state index contributed by atoms with van der Waals surface area (Å²) in [6, 6.07) is 2.28. The van der Waals surface area contributed by atoms with Crippen molar-refractivity contribution in [3.63, 3.8) is 0 Å². The Morgan fingerprint density at radius 3 is 2.10 bits per heavy atom. The Hall–Kier alpha value is 1.24. The largest absolute Gasteiger partial charge is 0.551 e. The van der Waals surface area contributed by atoms with Crippen LogP contribution in [0.25, 0.3) is 0 Å². The summed E-state index contributed by atoms with van der Waals surface area (Å²) in [6.45, 7) is 2.28. The third-order valence-electron chi connectivity index (χ3n) is 3.79. The molecule has 0 N–H and O–H groups in total. The Bertz CT molecular complexity index is 354. The van der Waals surface area contributed by atoms with Crippen molar-refractivity contribution < 1.29 is 0 Å². The molecule has 1 aromatic rings. The number of thiophene rings is 1.